The lowest BCUT2D eigenvalue weighted by Crippen LogP contribution is -2.41. The Bertz CT molecular complexity index is 796. The number of nitrogens with zero attached hydrogens (tertiary/aromatic N) is 2. The molecule has 0 saturated heterocycles. The van der Waals surface area contributed by atoms with Gasteiger partial charge < -0.3 is 25.0 Å². The van der Waals surface area contributed by atoms with E-state index in [9.17, 15) is 4.39 Å². The summed E-state index contributed by atoms with van der Waals surface area (Å²) in [4.78, 5) is 6.31. The van der Waals surface area contributed by atoms with E-state index < -0.39 is 0 Å². The summed E-state index contributed by atoms with van der Waals surface area (Å²) in [6.07, 6.45) is 0. The molecule has 6 nitrogen and oxygen atoms in total. The summed E-state index contributed by atoms with van der Waals surface area (Å²) in [6.45, 7) is 1.12. The van der Waals surface area contributed by atoms with Crippen LogP contribution in [0.5, 0.6) is 11.5 Å². The predicted molar refractivity (Wildman–Crippen MR) is 111 cm³/mol. The molecule has 0 aliphatic heterocycles. The molecule has 1 atom stereocenters. The summed E-state index contributed by atoms with van der Waals surface area (Å²) in [5.74, 6) is 1.90. The van der Waals surface area contributed by atoms with Gasteiger partial charge in [-0.15, -0.1) is 0 Å². The molecule has 0 aliphatic carbocycles. The largest absolute Gasteiger partial charge is 0.497 e. The molecule has 0 amide bonds. The molecule has 7 heteroatoms. The first-order valence-corrected chi connectivity index (χ1v) is 9.05. The molecule has 2 aromatic rings. The molecule has 0 bridgehead atoms. The van der Waals surface area contributed by atoms with Crippen molar-refractivity contribution in [3.8, 4) is 11.5 Å². The molecule has 152 valence electrons. The second-order valence-electron chi connectivity index (χ2n) is 6.52. The van der Waals surface area contributed by atoms with Crippen molar-refractivity contribution in [3.05, 3.63) is 59.4 Å². The number of likely N-dealkylation sites (N-methyl/N-ethyl adjacent to an activating group) is 1. The van der Waals surface area contributed by atoms with Crippen molar-refractivity contribution in [2.75, 3.05) is 41.9 Å². The Hall–Kier alpha value is -2.80. The molecule has 2 rings (SSSR count). The summed E-state index contributed by atoms with van der Waals surface area (Å²) >= 11 is 0. The SMILES string of the molecule is CN=C(NCc1ccc(OC)cc1OC)NCC(c1cccc(F)c1)N(C)C. The predicted octanol–water partition coefficient (Wildman–Crippen LogP) is 2.81. The van der Waals surface area contributed by atoms with Crippen LogP contribution in [0.2, 0.25) is 0 Å². The number of nitrogens with one attached hydrogen (secondary N) is 2. The quantitative estimate of drug-likeness (QED) is 0.538. The van der Waals surface area contributed by atoms with Crippen LogP contribution in [0.3, 0.4) is 0 Å². The van der Waals surface area contributed by atoms with E-state index in [-0.39, 0.29) is 11.9 Å². The Kier molecular flexibility index (Phi) is 8.07. The van der Waals surface area contributed by atoms with Gasteiger partial charge in [-0.3, -0.25) is 4.99 Å². The molecule has 2 aromatic carbocycles. The van der Waals surface area contributed by atoms with Crippen molar-refractivity contribution in [2.24, 2.45) is 4.99 Å². The minimum absolute atomic E-state index is 0.00442. The molecule has 28 heavy (non-hydrogen) atoms. The van der Waals surface area contributed by atoms with E-state index in [2.05, 4.69) is 15.6 Å². The third-order valence-electron chi connectivity index (χ3n) is 4.48. The lowest BCUT2D eigenvalue weighted by atomic mass is 10.1. The van der Waals surface area contributed by atoms with Crippen molar-refractivity contribution < 1.29 is 13.9 Å². The molecule has 0 aromatic heterocycles. The van der Waals surface area contributed by atoms with Crippen molar-refractivity contribution in [1.29, 1.82) is 0 Å². The number of benzene rings is 2. The van der Waals surface area contributed by atoms with Gasteiger partial charge in [-0.2, -0.15) is 0 Å². The van der Waals surface area contributed by atoms with Crippen LogP contribution in [-0.2, 0) is 6.54 Å². The third-order valence-corrected chi connectivity index (χ3v) is 4.48. The highest BCUT2D eigenvalue weighted by Crippen LogP contribution is 2.24. The van der Waals surface area contributed by atoms with Crippen LogP contribution in [0.1, 0.15) is 17.2 Å². The molecule has 0 aliphatic rings. The number of guanidine groups is 1. The summed E-state index contributed by atoms with van der Waals surface area (Å²) < 4.78 is 24.3. The third kappa shape index (κ3) is 5.85. The lowest BCUT2D eigenvalue weighted by Gasteiger charge is -2.26. The Balaban J connectivity index is 2.00. The maximum Gasteiger partial charge on any atom is 0.191 e. The molecular weight excluding hydrogens is 359 g/mol. The smallest absolute Gasteiger partial charge is 0.191 e. The van der Waals surface area contributed by atoms with E-state index in [0.29, 0.717) is 19.0 Å². The zero-order valence-electron chi connectivity index (χ0n) is 17.1. The van der Waals surface area contributed by atoms with E-state index in [1.807, 2.05) is 43.3 Å². The summed E-state index contributed by atoms with van der Waals surface area (Å²) in [7, 11) is 8.91. The van der Waals surface area contributed by atoms with Crippen LogP contribution < -0.4 is 20.1 Å². The van der Waals surface area contributed by atoms with Crippen LogP contribution in [-0.4, -0.2) is 52.8 Å². The number of hydrogen-bond donors (Lipinski definition) is 2. The van der Waals surface area contributed by atoms with Crippen molar-refractivity contribution in [2.45, 2.75) is 12.6 Å². The highest BCUT2D eigenvalue weighted by Gasteiger charge is 2.15. The number of aliphatic imine (C=N–C) groups is 1. The first kappa shape index (κ1) is 21.5. The maximum absolute atomic E-state index is 13.6. The Labute approximate surface area is 166 Å². The van der Waals surface area contributed by atoms with Gasteiger partial charge >= 0.3 is 0 Å². The van der Waals surface area contributed by atoms with E-state index in [1.54, 1.807) is 33.4 Å². The molecule has 1 unspecified atom stereocenters. The zero-order chi connectivity index (χ0) is 20.5. The van der Waals surface area contributed by atoms with E-state index >= 15 is 0 Å². The van der Waals surface area contributed by atoms with Gasteiger partial charge in [0.05, 0.1) is 20.3 Å². The topological polar surface area (TPSA) is 58.1 Å². The molecule has 0 radical (unpaired) electrons. The van der Waals surface area contributed by atoms with Gasteiger partial charge in [-0.1, -0.05) is 12.1 Å². The van der Waals surface area contributed by atoms with E-state index in [1.165, 1.54) is 6.07 Å². The number of ether oxygens (including phenoxy) is 2. The summed E-state index contributed by atoms with van der Waals surface area (Å²) in [6, 6.07) is 12.4. The van der Waals surface area contributed by atoms with E-state index in [4.69, 9.17) is 9.47 Å². The average molecular weight is 388 g/mol. The molecule has 0 heterocycles. The summed E-state index contributed by atoms with van der Waals surface area (Å²) in [5.41, 5.74) is 1.89. The van der Waals surface area contributed by atoms with Gasteiger partial charge in [0, 0.05) is 31.8 Å². The highest BCUT2D eigenvalue weighted by atomic mass is 19.1. The fraction of sp³-hybridized carbons (Fsp3) is 0.381. The average Bonchev–Trinajstić information content (AvgIpc) is 2.70. The standard InChI is InChI=1S/C21H29FN4O2/c1-23-21(24-13-16-9-10-18(27-4)12-20(16)28-5)25-14-19(26(2)3)15-7-6-8-17(22)11-15/h6-12,19H,13-14H2,1-5H3,(H2,23,24,25). The first-order chi connectivity index (χ1) is 13.5. The first-order valence-electron chi connectivity index (χ1n) is 9.05. The normalized spacial score (nSPS) is 12.6. The number of hydrogen-bond acceptors (Lipinski definition) is 4. The Morgan fingerprint density at radius 3 is 2.50 bits per heavy atom. The van der Waals surface area contributed by atoms with Crippen LogP contribution in [0.25, 0.3) is 0 Å². The number of rotatable bonds is 8. The van der Waals surface area contributed by atoms with Gasteiger partial charge in [-0.05, 0) is 43.9 Å². The van der Waals surface area contributed by atoms with Gasteiger partial charge in [-0.25, -0.2) is 4.39 Å². The van der Waals surface area contributed by atoms with Crippen LogP contribution >= 0.6 is 0 Å². The minimum Gasteiger partial charge on any atom is -0.497 e. The fourth-order valence-electron chi connectivity index (χ4n) is 2.90. The minimum atomic E-state index is -0.238. The molecule has 0 saturated carbocycles. The summed E-state index contributed by atoms with van der Waals surface area (Å²) in [5, 5.41) is 6.59. The van der Waals surface area contributed by atoms with Gasteiger partial charge in [0.1, 0.15) is 17.3 Å². The van der Waals surface area contributed by atoms with Crippen LogP contribution in [0, 0.1) is 5.82 Å². The monoisotopic (exact) mass is 388 g/mol. The van der Waals surface area contributed by atoms with Gasteiger partial charge in [0.25, 0.3) is 0 Å². The maximum atomic E-state index is 13.6. The highest BCUT2D eigenvalue weighted by molar-refractivity contribution is 5.79. The van der Waals surface area contributed by atoms with Crippen LogP contribution in [0.15, 0.2) is 47.5 Å². The second-order valence-corrected chi connectivity index (χ2v) is 6.52. The molecule has 2 N–H and O–H groups in total. The second kappa shape index (κ2) is 10.5. The molecule has 0 spiro atoms. The van der Waals surface area contributed by atoms with Crippen molar-refractivity contribution in [3.63, 3.8) is 0 Å². The number of methoxy groups -OCH3 is 2. The number of halogens is 1. The zero-order valence-corrected chi connectivity index (χ0v) is 17.1. The van der Waals surface area contributed by atoms with E-state index in [0.717, 1.165) is 22.6 Å². The van der Waals surface area contributed by atoms with Gasteiger partial charge in [0.2, 0.25) is 0 Å². The van der Waals surface area contributed by atoms with Gasteiger partial charge in [0.15, 0.2) is 5.96 Å². The fourth-order valence-corrected chi connectivity index (χ4v) is 2.90. The Morgan fingerprint density at radius 2 is 1.89 bits per heavy atom. The molecule has 0 fully saturated rings. The molecular formula is C21H29FN4O2. The lowest BCUT2D eigenvalue weighted by molar-refractivity contribution is 0.297. The Morgan fingerprint density at radius 1 is 1.11 bits per heavy atom. The van der Waals surface area contributed by atoms with Crippen molar-refractivity contribution in [1.82, 2.24) is 15.5 Å². The van der Waals surface area contributed by atoms with Crippen molar-refractivity contribution >= 4 is 5.96 Å². The van der Waals surface area contributed by atoms with Crippen LogP contribution in [0.4, 0.5) is 4.39 Å².